The Morgan fingerprint density at radius 2 is 1.81 bits per heavy atom. The Bertz CT molecular complexity index is 1760. The van der Waals surface area contributed by atoms with Crippen LogP contribution in [0.4, 0.5) is 11.4 Å². The first-order chi connectivity index (χ1) is 17.9. The van der Waals surface area contributed by atoms with Crippen molar-refractivity contribution in [3.63, 3.8) is 0 Å². The Kier molecular flexibility index (Phi) is 5.74. The van der Waals surface area contributed by atoms with Gasteiger partial charge in [-0.2, -0.15) is 5.10 Å². The van der Waals surface area contributed by atoms with Crippen LogP contribution in [0, 0.1) is 6.92 Å². The van der Waals surface area contributed by atoms with E-state index in [1.807, 2.05) is 43.3 Å². The van der Waals surface area contributed by atoms with Crippen molar-refractivity contribution in [3.05, 3.63) is 110 Å². The molecule has 0 fully saturated rings. The molecule has 0 saturated heterocycles. The molecule has 7 nitrogen and oxygen atoms in total. The minimum Gasteiger partial charge on any atom is -0.506 e. The summed E-state index contributed by atoms with van der Waals surface area (Å²) in [5.74, 6) is -0.183. The Balaban J connectivity index is 1.54. The van der Waals surface area contributed by atoms with Crippen LogP contribution in [0.25, 0.3) is 16.7 Å². The number of aromatic nitrogens is 2. The smallest absolute Gasteiger partial charge is 0.349 e. The number of nitrogens with one attached hydrogen (secondary N) is 1. The summed E-state index contributed by atoms with van der Waals surface area (Å²) in [5.41, 5.74) is 3.50. The third kappa shape index (κ3) is 4.06. The van der Waals surface area contributed by atoms with Crippen molar-refractivity contribution in [3.8, 4) is 11.4 Å². The summed E-state index contributed by atoms with van der Waals surface area (Å²) in [6, 6.07) is 21.3. The fraction of sp³-hybridized carbons (Fsp3) is 0.107. The number of aromatic hydroxyl groups is 1. The summed E-state index contributed by atoms with van der Waals surface area (Å²) >= 11 is 13.2. The zero-order chi connectivity index (χ0) is 25.7. The Labute approximate surface area is 221 Å². The Morgan fingerprint density at radius 3 is 2.62 bits per heavy atom. The van der Waals surface area contributed by atoms with Gasteiger partial charge in [-0.1, -0.05) is 53.5 Å². The predicted octanol–water partition coefficient (Wildman–Crippen LogP) is 6.98. The first-order valence-corrected chi connectivity index (χ1v) is 12.4. The SMILES string of the molecule is Cc1nn(-c2ccccc2)c(Cl)c1C1CC(c2c(O)c3ccccc3oc2=O)=Nc2cc(Cl)ccc2N1. The van der Waals surface area contributed by atoms with Crippen molar-refractivity contribution in [2.45, 2.75) is 19.4 Å². The normalized spacial score (nSPS) is 15.1. The second-order valence-corrected chi connectivity index (χ2v) is 9.56. The van der Waals surface area contributed by atoms with E-state index in [9.17, 15) is 9.90 Å². The van der Waals surface area contributed by atoms with Crippen molar-refractivity contribution in [2.75, 3.05) is 5.32 Å². The fourth-order valence-electron chi connectivity index (χ4n) is 4.71. The van der Waals surface area contributed by atoms with Crippen LogP contribution >= 0.6 is 23.2 Å². The molecule has 0 radical (unpaired) electrons. The minimum absolute atomic E-state index is 0.00236. The number of anilines is 1. The topological polar surface area (TPSA) is 92.6 Å². The first kappa shape index (κ1) is 23.3. The van der Waals surface area contributed by atoms with Crippen molar-refractivity contribution >= 4 is 51.3 Å². The molecule has 9 heteroatoms. The van der Waals surface area contributed by atoms with E-state index >= 15 is 0 Å². The number of hydrogen-bond donors (Lipinski definition) is 2. The lowest BCUT2D eigenvalue weighted by molar-refractivity contribution is 0.466. The highest BCUT2D eigenvalue weighted by molar-refractivity contribution is 6.31. The molecule has 184 valence electrons. The summed E-state index contributed by atoms with van der Waals surface area (Å²) < 4.78 is 7.23. The molecule has 37 heavy (non-hydrogen) atoms. The van der Waals surface area contributed by atoms with Crippen molar-refractivity contribution in [2.24, 2.45) is 4.99 Å². The molecular formula is C28H20Cl2N4O3. The second kappa shape index (κ2) is 9.10. The number of para-hydroxylation sites is 2. The van der Waals surface area contributed by atoms with Crippen molar-refractivity contribution in [1.29, 1.82) is 0 Å². The fourth-order valence-corrected chi connectivity index (χ4v) is 5.28. The zero-order valence-electron chi connectivity index (χ0n) is 19.6. The van der Waals surface area contributed by atoms with Gasteiger partial charge in [-0.05, 0) is 49.4 Å². The molecule has 5 aromatic rings. The van der Waals surface area contributed by atoms with E-state index in [2.05, 4.69) is 10.4 Å². The van der Waals surface area contributed by atoms with Gasteiger partial charge in [-0.25, -0.2) is 9.48 Å². The standard InChI is InChI=1S/C28H20Cl2N4O3/c1-15-24(27(30)34(33-15)17-7-3-2-4-8-17)21-14-22(32-20-13-16(29)11-12-19(20)31-21)25-26(35)18-9-5-6-10-23(18)37-28(25)36/h2-13,21,31,35H,14H2,1H3. The number of aliphatic imine (C=N–C) groups is 1. The molecule has 2 N–H and O–H groups in total. The number of fused-ring (bicyclic) bond motifs is 2. The molecule has 1 aliphatic rings. The van der Waals surface area contributed by atoms with E-state index in [1.54, 1.807) is 41.1 Å². The van der Waals surface area contributed by atoms with Gasteiger partial charge >= 0.3 is 5.63 Å². The monoisotopic (exact) mass is 530 g/mol. The third-order valence-electron chi connectivity index (χ3n) is 6.41. The van der Waals surface area contributed by atoms with Gasteiger partial charge in [0.05, 0.1) is 39.9 Å². The van der Waals surface area contributed by atoms with Gasteiger partial charge in [0.15, 0.2) is 0 Å². The number of rotatable bonds is 3. The van der Waals surface area contributed by atoms with E-state index in [0.29, 0.717) is 38.2 Å². The Morgan fingerprint density at radius 1 is 1.05 bits per heavy atom. The van der Waals surface area contributed by atoms with Gasteiger partial charge < -0.3 is 14.8 Å². The molecule has 0 bridgehead atoms. The molecule has 6 rings (SSSR count). The number of nitrogens with zero attached hydrogens (tertiary/aromatic N) is 3. The van der Waals surface area contributed by atoms with Gasteiger partial charge in [-0.15, -0.1) is 0 Å². The van der Waals surface area contributed by atoms with Crippen molar-refractivity contribution < 1.29 is 9.52 Å². The Hall–Kier alpha value is -4.07. The van der Waals surface area contributed by atoms with E-state index < -0.39 is 11.7 Å². The van der Waals surface area contributed by atoms with E-state index in [0.717, 1.165) is 16.9 Å². The van der Waals surface area contributed by atoms with Crippen LogP contribution in [0.5, 0.6) is 5.75 Å². The highest BCUT2D eigenvalue weighted by Gasteiger charge is 2.30. The van der Waals surface area contributed by atoms with Crippen LogP contribution < -0.4 is 10.9 Å². The molecule has 3 aromatic carbocycles. The summed E-state index contributed by atoms with van der Waals surface area (Å²) in [5, 5.41) is 20.7. The first-order valence-electron chi connectivity index (χ1n) is 11.6. The molecule has 0 saturated carbocycles. The minimum atomic E-state index is -0.679. The van der Waals surface area contributed by atoms with E-state index in [4.69, 9.17) is 32.6 Å². The number of hydrogen-bond acceptors (Lipinski definition) is 6. The van der Waals surface area contributed by atoms with Gasteiger partial charge in [0.2, 0.25) is 0 Å². The molecule has 0 spiro atoms. The quantitative estimate of drug-likeness (QED) is 0.245. The van der Waals surface area contributed by atoms with Gasteiger partial charge in [-0.3, -0.25) is 4.99 Å². The lowest BCUT2D eigenvalue weighted by Gasteiger charge is -2.19. The molecular weight excluding hydrogens is 511 g/mol. The lowest BCUT2D eigenvalue weighted by Crippen LogP contribution is -2.20. The maximum Gasteiger partial charge on any atom is 0.349 e. The maximum absolute atomic E-state index is 13.1. The third-order valence-corrected chi connectivity index (χ3v) is 7.01. The van der Waals surface area contributed by atoms with Crippen LogP contribution in [0.15, 0.2) is 87.0 Å². The molecule has 2 aromatic heterocycles. The summed E-state index contributed by atoms with van der Waals surface area (Å²) in [4.78, 5) is 17.9. The molecule has 0 amide bonds. The van der Waals surface area contributed by atoms with E-state index in [-0.39, 0.29) is 17.7 Å². The van der Waals surface area contributed by atoms with E-state index in [1.165, 1.54) is 0 Å². The second-order valence-electron chi connectivity index (χ2n) is 8.77. The molecule has 0 aliphatic carbocycles. The van der Waals surface area contributed by atoms with Crippen LogP contribution in [-0.2, 0) is 0 Å². The highest BCUT2D eigenvalue weighted by Crippen LogP contribution is 2.41. The zero-order valence-corrected chi connectivity index (χ0v) is 21.1. The number of aryl methyl sites for hydroxylation is 1. The summed E-state index contributed by atoms with van der Waals surface area (Å²) in [6.45, 7) is 1.88. The highest BCUT2D eigenvalue weighted by atomic mass is 35.5. The molecule has 1 atom stereocenters. The van der Waals surface area contributed by atoms with Crippen LogP contribution in [0.1, 0.15) is 29.3 Å². The average molecular weight is 531 g/mol. The molecule has 1 unspecified atom stereocenters. The van der Waals surface area contributed by atoms with Crippen LogP contribution in [0.3, 0.4) is 0 Å². The van der Waals surface area contributed by atoms with Crippen molar-refractivity contribution in [1.82, 2.24) is 9.78 Å². The largest absolute Gasteiger partial charge is 0.506 e. The molecule has 3 heterocycles. The maximum atomic E-state index is 13.1. The van der Waals surface area contributed by atoms with Crippen LogP contribution in [-0.4, -0.2) is 20.6 Å². The number of benzene rings is 3. The summed E-state index contributed by atoms with van der Waals surface area (Å²) in [6.07, 6.45) is 0.226. The predicted molar refractivity (Wildman–Crippen MR) is 146 cm³/mol. The molecule has 1 aliphatic heterocycles. The van der Waals surface area contributed by atoms with Gasteiger partial charge in [0.1, 0.15) is 22.0 Å². The van der Waals surface area contributed by atoms with Crippen LogP contribution in [0.2, 0.25) is 10.2 Å². The van der Waals surface area contributed by atoms with Gasteiger partial charge in [0.25, 0.3) is 0 Å². The lowest BCUT2D eigenvalue weighted by atomic mass is 9.97. The van der Waals surface area contributed by atoms with Gasteiger partial charge in [0, 0.05) is 17.0 Å². The average Bonchev–Trinajstić information content (AvgIpc) is 3.07. The summed E-state index contributed by atoms with van der Waals surface area (Å²) in [7, 11) is 0. The number of halogens is 2.